The molecule has 1 aliphatic rings. The highest BCUT2D eigenvalue weighted by atomic mass is 16.7. The van der Waals surface area contributed by atoms with Gasteiger partial charge in [0.1, 0.15) is 0 Å². The van der Waals surface area contributed by atoms with Crippen LogP contribution in [0.3, 0.4) is 0 Å². The van der Waals surface area contributed by atoms with Crippen molar-refractivity contribution < 1.29 is 9.47 Å². The zero-order valence-electron chi connectivity index (χ0n) is 12.7. The number of allylic oxidation sites excluding steroid dienone is 4. The van der Waals surface area contributed by atoms with Crippen LogP contribution in [0.2, 0.25) is 0 Å². The van der Waals surface area contributed by atoms with Gasteiger partial charge in [0.2, 0.25) is 6.79 Å². The second kappa shape index (κ2) is 7.18. The van der Waals surface area contributed by atoms with E-state index >= 15 is 0 Å². The van der Waals surface area contributed by atoms with E-state index in [0.29, 0.717) is 6.79 Å². The lowest BCUT2D eigenvalue weighted by atomic mass is 10.1. The standard InChI is InChI=1S/C18H24O2/c1-14(2)6-4-7-15(3)8-5-9-16-10-11-17-18(12-16)20-13-19-17/h6,8,10-12H,4-5,7,9,13H2,1-3H3/b15-8+. The van der Waals surface area contributed by atoms with Crippen LogP contribution in [-0.4, -0.2) is 6.79 Å². The SMILES string of the molecule is CC(C)=CCC/C(C)=C/CCc1ccc2c(c1)OCO2. The summed E-state index contributed by atoms with van der Waals surface area (Å²) in [5.74, 6) is 1.74. The van der Waals surface area contributed by atoms with E-state index in [4.69, 9.17) is 9.47 Å². The molecule has 0 aliphatic carbocycles. The van der Waals surface area contributed by atoms with Crippen molar-refractivity contribution in [1.29, 1.82) is 0 Å². The summed E-state index contributed by atoms with van der Waals surface area (Å²) >= 11 is 0. The number of fused-ring (bicyclic) bond motifs is 1. The Morgan fingerprint density at radius 2 is 1.85 bits per heavy atom. The lowest BCUT2D eigenvalue weighted by Crippen LogP contribution is -1.92. The van der Waals surface area contributed by atoms with Crippen molar-refractivity contribution in [3.05, 3.63) is 47.1 Å². The molecule has 2 rings (SSSR count). The number of rotatable bonds is 6. The molecule has 0 aromatic heterocycles. The zero-order valence-corrected chi connectivity index (χ0v) is 12.7. The molecule has 0 saturated heterocycles. The van der Waals surface area contributed by atoms with E-state index < -0.39 is 0 Å². The second-order valence-corrected chi connectivity index (χ2v) is 5.60. The summed E-state index contributed by atoms with van der Waals surface area (Å²) < 4.78 is 10.7. The van der Waals surface area contributed by atoms with Crippen LogP contribution in [0.1, 0.15) is 45.6 Å². The molecule has 2 heteroatoms. The molecule has 0 saturated carbocycles. The van der Waals surface area contributed by atoms with Crippen LogP contribution in [0.4, 0.5) is 0 Å². The van der Waals surface area contributed by atoms with Crippen molar-refractivity contribution in [2.75, 3.05) is 6.79 Å². The molecule has 1 aliphatic heterocycles. The molecular formula is C18H24O2. The molecule has 108 valence electrons. The average molecular weight is 272 g/mol. The fourth-order valence-corrected chi connectivity index (χ4v) is 2.27. The van der Waals surface area contributed by atoms with Gasteiger partial charge in [-0.2, -0.15) is 0 Å². The normalized spacial score (nSPS) is 13.4. The van der Waals surface area contributed by atoms with Gasteiger partial charge in [-0.1, -0.05) is 29.4 Å². The minimum Gasteiger partial charge on any atom is -0.454 e. The maximum atomic E-state index is 5.40. The largest absolute Gasteiger partial charge is 0.454 e. The third kappa shape index (κ3) is 4.44. The van der Waals surface area contributed by atoms with Crippen LogP contribution in [0.5, 0.6) is 11.5 Å². The van der Waals surface area contributed by atoms with Gasteiger partial charge in [-0.05, 0) is 64.2 Å². The summed E-state index contributed by atoms with van der Waals surface area (Å²) in [7, 11) is 0. The Bertz CT molecular complexity index is 508. The van der Waals surface area contributed by atoms with Crippen molar-refractivity contribution in [1.82, 2.24) is 0 Å². The fourth-order valence-electron chi connectivity index (χ4n) is 2.27. The predicted molar refractivity (Wildman–Crippen MR) is 83.3 cm³/mol. The monoisotopic (exact) mass is 272 g/mol. The fraction of sp³-hybridized carbons (Fsp3) is 0.444. The van der Waals surface area contributed by atoms with Crippen molar-refractivity contribution in [2.24, 2.45) is 0 Å². The number of benzene rings is 1. The van der Waals surface area contributed by atoms with Crippen molar-refractivity contribution >= 4 is 0 Å². The first-order valence-corrected chi connectivity index (χ1v) is 7.32. The molecule has 0 spiro atoms. The van der Waals surface area contributed by atoms with Crippen LogP contribution in [0.25, 0.3) is 0 Å². The molecule has 0 bridgehead atoms. The van der Waals surface area contributed by atoms with Gasteiger partial charge >= 0.3 is 0 Å². The topological polar surface area (TPSA) is 18.5 Å². The average Bonchev–Trinajstić information content (AvgIpc) is 2.85. The van der Waals surface area contributed by atoms with E-state index in [0.717, 1.165) is 37.2 Å². The molecule has 0 radical (unpaired) electrons. The van der Waals surface area contributed by atoms with Gasteiger partial charge in [0, 0.05) is 0 Å². The van der Waals surface area contributed by atoms with Crippen molar-refractivity contribution in [3.8, 4) is 11.5 Å². The summed E-state index contributed by atoms with van der Waals surface area (Å²) in [5.41, 5.74) is 4.18. The molecule has 0 unspecified atom stereocenters. The number of hydrogen-bond acceptors (Lipinski definition) is 2. The smallest absolute Gasteiger partial charge is 0.231 e. The van der Waals surface area contributed by atoms with Crippen molar-refractivity contribution in [3.63, 3.8) is 0 Å². The van der Waals surface area contributed by atoms with Gasteiger partial charge in [-0.15, -0.1) is 0 Å². The lowest BCUT2D eigenvalue weighted by Gasteiger charge is -2.02. The van der Waals surface area contributed by atoms with E-state index in [9.17, 15) is 0 Å². The molecule has 2 nitrogen and oxygen atoms in total. The highest BCUT2D eigenvalue weighted by Gasteiger charge is 2.12. The van der Waals surface area contributed by atoms with E-state index in [1.54, 1.807) is 0 Å². The minimum absolute atomic E-state index is 0.349. The molecule has 0 N–H and O–H groups in total. The molecule has 1 aromatic rings. The Balaban J connectivity index is 1.79. The Hall–Kier alpha value is -1.70. The van der Waals surface area contributed by atoms with Crippen LogP contribution < -0.4 is 9.47 Å². The summed E-state index contributed by atoms with van der Waals surface area (Å²) in [5, 5.41) is 0. The Kier molecular flexibility index (Phi) is 5.28. The predicted octanol–water partition coefficient (Wildman–Crippen LogP) is 5.04. The van der Waals surface area contributed by atoms with Gasteiger partial charge < -0.3 is 9.47 Å². The van der Waals surface area contributed by atoms with E-state index in [1.807, 2.05) is 6.07 Å². The molecule has 20 heavy (non-hydrogen) atoms. The maximum absolute atomic E-state index is 5.40. The lowest BCUT2D eigenvalue weighted by molar-refractivity contribution is 0.174. The third-order valence-corrected chi connectivity index (χ3v) is 3.45. The van der Waals surface area contributed by atoms with Gasteiger partial charge in [0.25, 0.3) is 0 Å². The molecule has 0 amide bonds. The first-order chi connectivity index (χ1) is 9.65. The summed E-state index contributed by atoms with van der Waals surface area (Å²) in [6.45, 7) is 6.87. The number of aryl methyl sites for hydroxylation is 1. The van der Waals surface area contributed by atoms with Crippen LogP contribution in [0.15, 0.2) is 41.5 Å². The summed E-state index contributed by atoms with van der Waals surface area (Å²) in [6, 6.07) is 6.22. The van der Waals surface area contributed by atoms with Gasteiger partial charge in [0.15, 0.2) is 11.5 Å². The van der Waals surface area contributed by atoms with E-state index in [2.05, 4.69) is 45.1 Å². The first-order valence-electron chi connectivity index (χ1n) is 7.32. The number of ether oxygens (including phenoxy) is 2. The number of hydrogen-bond donors (Lipinski definition) is 0. The Labute approximate surface area is 122 Å². The van der Waals surface area contributed by atoms with Crippen LogP contribution in [-0.2, 0) is 6.42 Å². The zero-order chi connectivity index (χ0) is 14.4. The third-order valence-electron chi connectivity index (χ3n) is 3.45. The molecule has 0 atom stereocenters. The summed E-state index contributed by atoms with van der Waals surface area (Å²) in [4.78, 5) is 0. The van der Waals surface area contributed by atoms with Gasteiger partial charge in [-0.25, -0.2) is 0 Å². The minimum atomic E-state index is 0.349. The van der Waals surface area contributed by atoms with Gasteiger partial charge in [-0.3, -0.25) is 0 Å². The van der Waals surface area contributed by atoms with E-state index in [1.165, 1.54) is 16.7 Å². The maximum Gasteiger partial charge on any atom is 0.231 e. The van der Waals surface area contributed by atoms with Crippen molar-refractivity contribution in [2.45, 2.75) is 46.5 Å². The second-order valence-electron chi connectivity index (χ2n) is 5.60. The Morgan fingerprint density at radius 3 is 2.65 bits per heavy atom. The van der Waals surface area contributed by atoms with Gasteiger partial charge in [0.05, 0.1) is 0 Å². The van der Waals surface area contributed by atoms with Crippen LogP contribution in [0, 0.1) is 0 Å². The quantitative estimate of drug-likeness (QED) is 0.675. The summed E-state index contributed by atoms with van der Waals surface area (Å²) in [6.07, 6.45) is 9.09. The molecule has 1 heterocycles. The molecule has 1 aromatic carbocycles. The first kappa shape index (κ1) is 14.7. The van der Waals surface area contributed by atoms with E-state index in [-0.39, 0.29) is 0 Å². The highest BCUT2D eigenvalue weighted by molar-refractivity contribution is 5.44. The molecular weight excluding hydrogens is 248 g/mol. The van der Waals surface area contributed by atoms with Crippen LogP contribution >= 0.6 is 0 Å². The molecule has 0 fully saturated rings. The highest BCUT2D eigenvalue weighted by Crippen LogP contribution is 2.32. The Morgan fingerprint density at radius 1 is 1.05 bits per heavy atom.